The summed E-state index contributed by atoms with van der Waals surface area (Å²) in [5.74, 6) is -0.133. The van der Waals surface area contributed by atoms with Crippen molar-refractivity contribution in [2.75, 3.05) is 13.6 Å². The van der Waals surface area contributed by atoms with Crippen LogP contribution in [0.1, 0.15) is 61.3 Å². The van der Waals surface area contributed by atoms with E-state index in [-0.39, 0.29) is 18.3 Å². The van der Waals surface area contributed by atoms with Gasteiger partial charge >= 0.3 is 5.97 Å². The molecule has 3 amide bonds. The predicted octanol–water partition coefficient (Wildman–Crippen LogP) is 2.90. The van der Waals surface area contributed by atoms with Crippen LogP contribution in [-0.4, -0.2) is 60.4 Å². The lowest BCUT2D eigenvalue weighted by molar-refractivity contribution is -0.149. The van der Waals surface area contributed by atoms with Crippen molar-refractivity contribution in [1.29, 1.82) is 0 Å². The molecule has 1 aliphatic heterocycles. The molecule has 4 atom stereocenters. The van der Waals surface area contributed by atoms with E-state index < -0.39 is 54.3 Å². The Bertz CT molecular complexity index is 980. The third-order valence-corrected chi connectivity index (χ3v) is 5.89. The highest BCUT2D eigenvalue weighted by Gasteiger charge is 2.32. The third-order valence-electron chi connectivity index (χ3n) is 5.89. The van der Waals surface area contributed by atoms with Crippen molar-refractivity contribution < 1.29 is 23.9 Å². The number of allylic oxidation sites excluding steroid dienone is 3. The van der Waals surface area contributed by atoms with E-state index in [2.05, 4.69) is 50.0 Å². The van der Waals surface area contributed by atoms with Gasteiger partial charge in [-0.1, -0.05) is 57.6 Å². The number of amides is 3. The maximum absolute atomic E-state index is 12.8. The Hall–Kier alpha value is -3.34. The first-order chi connectivity index (χ1) is 16.6. The van der Waals surface area contributed by atoms with Crippen molar-refractivity contribution in [2.24, 2.45) is 11.3 Å². The van der Waals surface area contributed by atoms with Crippen LogP contribution in [0, 0.1) is 23.7 Å². The molecule has 0 radical (unpaired) electrons. The molecule has 0 saturated carbocycles. The van der Waals surface area contributed by atoms with E-state index in [4.69, 9.17) is 11.2 Å². The Kier molecular flexibility index (Phi) is 11.2. The first-order valence-corrected chi connectivity index (χ1v) is 12.1. The molecule has 1 aliphatic rings. The minimum absolute atomic E-state index is 0.0346. The molecule has 198 valence electrons. The molecule has 0 aromatic rings. The van der Waals surface area contributed by atoms with E-state index in [1.54, 1.807) is 6.92 Å². The molecule has 0 aromatic heterocycles. The van der Waals surface area contributed by atoms with E-state index in [0.717, 1.165) is 11.1 Å². The predicted molar refractivity (Wildman–Crippen MR) is 140 cm³/mol. The normalized spacial score (nSPS) is 26.3. The van der Waals surface area contributed by atoms with E-state index >= 15 is 0 Å². The molecule has 1 heterocycles. The lowest BCUT2D eigenvalue weighted by Gasteiger charge is -2.28. The van der Waals surface area contributed by atoms with Gasteiger partial charge in [0.2, 0.25) is 17.7 Å². The molecule has 36 heavy (non-hydrogen) atoms. The number of ether oxygens (including phenoxy) is 1. The van der Waals surface area contributed by atoms with Gasteiger partial charge in [0, 0.05) is 25.8 Å². The molecule has 0 bridgehead atoms. The highest BCUT2D eigenvalue weighted by atomic mass is 16.5. The summed E-state index contributed by atoms with van der Waals surface area (Å²) in [6.07, 6.45) is 8.65. The van der Waals surface area contributed by atoms with Gasteiger partial charge in [-0.3, -0.25) is 19.2 Å². The minimum atomic E-state index is -1.00. The average Bonchev–Trinajstić information content (AvgIpc) is 2.75. The topological polar surface area (TPSA) is 105 Å². The van der Waals surface area contributed by atoms with E-state index in [0.29, 0.717) is 5.57 Å². The second kappa shape index (κ2) is 13.1. The first-order valence-electron chi connectivity index (χ1n) is 12.1. The van der Waals surface area contributed by atoms with Gasteiger partial charge < -0.3 is 20.3 Å². The van der Waals surface area contributed by atoms with Crippen LogP contribution < -0.4 is 10.6 Å². The summed E-state index contributed by atoms with van der Waals surface area (Å²) in [6.45, 7) is 17.1. The molecular weight excluding hydrogens is 458 g/mol. The van der Waals surface area contributed by atoms with Gasteiger partial charge in [0.15, 0.2) is 0 Å². The van der Waals surface area contributed by atoms with Gasteiger partial charge in [-0.15, -0.1) is 12.3 Å². The standard InChI is InChI=1S/C28H41N3O5/c1-11-12-22-26(34)29-16-24(33)36-25(19(4)13-17(2)15-28(7,8)9)20(5)18(3)14-23(32)30-21(6)27(35)31(22)10/h1,13,15,20-22,25H,3,12,14,16H2,2,4-10H3,(H,29,34)(H,30,32)/b17-15+,19-13+/t20-,21+,22+,25+/m1/s1. The average molecular weight is 500 g/mol. The summed E-state index contributed by atoms with van der Waals surface area (Å²) in [4.78, 5) is 52.3. The van der Waals surface area contributed by atoms with Gasteiger partial charge in [0.25, 0.3) is 0 Å². The van der Waals surface area contributed by atoms with Crippen molar-refractivity contribution in [3.8, 4) is 12.3 Å². The number of hydrogen-bond donors (Lipinski definition) is 2. The van der Waals surface area contributed by atoms with Gasteiger partial charge in [0.05, 0.1) is 0 Å². The third kappa shape index (κ3) is 9.37. The summed E-state index contributed by atoms with van der Waals surface area (Å²) in [5.41, 5.74) is 2.29. The van der Waals surface area contributed by atoms with Crippen molar-refractivity contribution in [3.05, 3.63) is 35.5 Å². The number of nitrogens with one attached hydrogen (secondary N) is 2. The van der Waals surface area contributed by atoms with E-state index in [1.807, 2.05) is 26.8 Å². The van der Waals surface area contributed by atoms with Gasteiger partial charge in [-0.25, -0.2) is 0 Å². The number of hydrogen-bond acceptors (Lipinski definition) is 5. The van der Waals surface area contributed by atoms with Crippen molar-refractivity contribution in [3.63, 3.8) is 0 Å². The highest BCUT2D eigenvalue weighted by molar-refractivity contribution is 5.93. The molecule has 8 heteroatoms. The molecule has 1 rings (SSSR count). The van der Waals surface area contributed by atoms with Gasteiger partial charge in [-0.2, -0.15) is 0 Å². The second-order valence-electron chi connectivity index (χ2n) is 10.6. The molecular formula is C28H41N3O5. The van der Waals surface area contributed by atoms with Crippen LogP contribution in [0.25, 0.3) is 0 Å². The van der Waals surface area contributed by atoms with Crippen LogP contribution in [0.15, 0.2) is 35.5 Å². The fourth-order valence-electron chi connectivity index (χ4n) is 4.13. The lowest BCUT2D eigenvalue weighted by atomic mass is 9.88. The number of cyclic esters (lactones) is 1. The fourth-order valence-corrected chi connectivity index (χ4v) is 4.13. The highest BCUT2D eigenvalue weighted by Crippen LogP contribution is 2.27. The Balaban J connectivity index is 3.39. The van der Waals surface area contributed by atoms with Crippen LogP contribution in [-0.2, 0) is 23.9 Å². The Labute approximate surface area is 215 Å². The zero-order chi connectivity index (χ0) is 27.8. The largest absolute Gasteiger partial charge is 0.456 e. The monoisotopic (exact) mass is 499 g/mol. The molecule has 1 fully saturated rings. The number of terminal acetylenes is 1. The molecule has 0 aliphatic carbocycles. The van der Waals surface area contributed by atoms with Crippen molar-refractivity contribution >= 4 is 23.7 Å². The minimum Gasteiger partial charge on any atom is -0.456 e. The summed E-state index contributed by atoms with van der Waals surface area (Å²) < 4.78 is 5.79. The van der Waals surface area contributed by atoms with Crippen LogP contribution in [0.5, 0.6) is 0 Å². The zero-order valence-corrected chi connectivity index (χ0v) is 22.9. The Morgan fingerprint density at radius 1 is 1.22 bits per heavy atom. The van der Waals surface area contributed by atoms with Gasteiger partial charge in [0.1, 0.15) is 24.7 Å². The lowest BCUT2D eigenvalue weighted by Crippen LogP contribution is -2.53. The first kappa shape index (κ1) is 30.7. The van der Waals surface area contributed by atoms with E-state index in [9.17, 15) is 19.2 Å². The van der Waals surface area contributed by atoms with Crippen LogP contribution >= 0.6 is 0 Å². The molecule has 0 aromatic carbocycles. The quantitative estimate of drug-likeness (QED) is 0.269. The number of nitrogens with zero attached hydrogens (tertiary/aromatic N) is 1. The summed E-state index contributed by atoms with van der Waals surface area (Å²) >= 11 is 0. The Morgan fingerprint density at radius 3 is 2.39 bits per heavy atom. The van der Waals surface area contributed by atoms with E-state index in [1.165, 1.54) is 11.9 Å². The number of esters is 1. The summed E-state index contributed by atoms with van der Waals surface area (Å²) in [6, 6.07) is -1.89. The summed E-state index contributed by atoms with van der Waals surface area (Å²) in [5, 5.41) is 5.19. The zero-order valence-electron chi connectivity index (χ0n) is 22.9. The SMILES string of the molecule is C#CC[C@H]1C(=O)NCC(=O)O[C@@H](/C(C)=C/C(C)=C/C(C)(C)C)[C@H](C)C(=C)CC(=O)N[C@@H](C)C(=O)N1C. The van der Waals surface area contributed by atoms with Crippen LogP contribution in [0.4, 0.5) is 0 Å². The number of carbonyl (C=O) groups excluding carboxylic acids is 4. The maximum atomic E-state index is 12.8. The maximum Gasteiger partial charge on any atom is 0.326 e. The molecule has 2 N–H and O–H groups in total. The van der Waals surface area contributed by atoms with Crippen molar-refractivity contribution in [1.82, 2.24) is 15.5 Å². The van der Waals surface area contributed by atoms with Crippen molar-refractivity contribution in [2.45, 2.75) is 79.5 Å². The van der Waals surface area contributed by atoms with Gasteiger partial charge in [-0.05, 0) is 31.8 Å². The molecule has 8 nitrogen and oxygen atoms in total. The molecule has 1 saturated heterocycles. The number of rotatable bonds is 3. The number of likely N-dealkylation sites (N-methyl/N-ethyl adjacent to an activating group) is 1. The van der Waals surface area contributed by atoms with Crippen LogP contribution in [0.3, 0.4) is 0 Å². The smallest absolute Gasteiger partial charge is 0.326 e. The van der Waals surface area contributed by atoms with Crippen LogP contribution in [0.2, 0.25) is 0 Å². The summed E-state index contributed by atoms with van der Waals surface area (Å²) in [7, 11) is 1.43. The Morgan fingerprint density at radius 2 is 1.83 bits per heavy atom. The second-order valence-corrected chi connectivity index (χ2v) is 10.6. The fraction of sp³-hybridized carbons (Fsp3) is 0.571. The molecule has 0 unspecified atom stereocenters. The number of carbonyl (C=O) groups is 4. The molecule has 0 spiro atoms.